The number of pyridine rings is 1. The number of carbonyl (C=O) groups is 4. The summed E-state index contributed by atoms with van der Waals surface area (Å²) in [6.07, 6.45) is 5.14. The third-order valence-electron chi connectivity index (χ3n) is 4.40. The molecule has 2 rings (SSSR count). The van der Waals surface area contributed by atoms with Crippen molar-refractivity contribution < 1.29 is 29.0 Å². The van der Waals surface area contributed by atoms with E-state index in [1.54, 1.807) is 18.3 Å². The second kappa shape index (κ2) is 9.82. The van der Waals surface area contributed by atoms with E-state index in [4.69, 9.17) is 9.84 Å². The van der Waals surface area contributed by atoms with E-state index in [0.717, 1.165) is 19.3 Å². The fourth-order valence-electron chi connectivity index (χ4n) is 2.63. The number of ether oxygens (including phenoxy) is 1. The Bertz CT molecular complexity index is 730. The van der Waals surface area contributed by atoms with Crippen LogP contribution in [-0.2, 0) is 25.7 Å². The molecule has 9 nitrogen and oxygen atoms in total. The molecule has 0 aromatic carbocycles. The molecule has 1 aliphatic rings. The van der Waals surface area contributed by atoms with E-state index < -0.39 is 36.0 Å². The molecule has 152 valence electrons. The second-order valence-electron chi connectivity index (χ2n) is 6.93. The Kier molecular flexibility index (Phi) is 7.48. The van der Waals surface area contributed by atoms with Crippen LogP contribution in [-0.4, -0.2) is 58.8 Å². The molecule has 1 saturated carbocycles. The van der Waals surface area contributed by atoms with Gasteiger partial charge in [0, 0.05) is 25.9 Å². The summed E-state index contributed by atoms with van der Waals surface area (Å²) in [6.45, 7) is 1.23. The van der Waals surface area contributed by atoms with Crippen molar-refractivity contribution in [1.82, 2.24) is 15.2 Å². The Morgan fingerprint density at radius 2 is 2.04 bits per heavy atom. The zero-order valence-corrected chi connectivity index (χ0v) is 16.0. The first kappa shape index (κ1) is 21.3. The monoisotopic (exact) mass is 391 g/mol. The zero-order valence-electron chi connectivity index (χ0n) is 16.0. The van der Waals surface area contributed by atoms with Gasteiger partial charge in [0.15, 0.2) is 11.7 Å². The number of Topliss-reactive ketones (excluding diaryl/α,β-unsaturated/α-hetero) is 1. The van der Waals surface area contributed by atoms with Crippen LogP contribution in [0.15, 0.2) is 18.3 Å². The second-order valence-corrected chi connectivity index (χ2v) is 6.93. The summed E-state index contributed by atoms with van der Waals surface area (Å²) in [4.78, 5) is 52.3. The van der Waals surface area contributed by atoms with Crippen LogP contribution in [0, 0.1) is 11.8 Å². The number of aliphatic carboxylic acids is 1. The molecule has 2 amide bonds. The van der Waals surface area contributed by atoms with Crippen LogP contribution in [0.1, 0.15) is 31.7 Å². The molecular weight excluding hydrogens is 366 g/mol. The van der Waals surface area contributed by atoms with E-state index in [-0.39, 0.29) is 6.54 Å². The predicted octanol–water partition coefficient (Wildman–Crippen LogP) is 0.625. The number of aromatic nitrogens is 1. The van der Waals surface area contributed by atoms with Gasteiger partial charge in [-0.15, -0.1) is 0 Å². The first-order valence-corrected chi connectivity index (χ1v) is 9.10. The number of carboxylic acid groups (broad SMARTS) is 1. The van der Waals surface area contributed by atoms with Crippen molar-refractivity contribution in [1.29, 1.82) is 0 Å². The van der Waals surface area contributed by atoms with Crippen LogP contribution < -0.4 is 10.1 Å². The van der Waals surface area contributed by atoms with E-state index in [9.17, 15) is 19.2 Å². The van der Waals surface area contributed by atoms with Crippen molar-refractivity contribution in [2.24, 2.45) is 11.8 Å². The average molecular weight is 391 g/mol. The SMILES string of the molecule is CC(=O)C(C(=O)NCC(=O)O)C(=O)N(C)Cc1ccc(OCCC2CC2)nc1. The van der Waals surface area contributed by atoms with E-state index >= 15 is 0 Å². The molecule has 0 aliphatic heterocycles. The summed E-state index contributed by atoms with van der Waals surface area (Å²) < 4.78 is 5.57. The van der Waals surface area contributed by atoms with Gasteiger partial charge in [-0.2, -0.15) is 0 Å². The number of amides is 2. The highest BCUT2D eigenvalue weighted by atomic mass is 16.5. The number of hydrogen-bond acceptors (Lipinski definition) is 6. The predicted molar refractivity (Wildman–Crippen MR) is 98.4 cm³/mol. The maximum absolute atomic E-state index is 12.5. The molecule has 2 N–H and O–H groups in total. The highest BCUT2D eigenvalue weighted by molar-refractivity contribution is 6.17. The maximum atomic E-state index is 12.5. The molecule has 1 heterocycles. The molecule has 0 bridgehead atoms. The Morgan fingerprint density at radius 1 is 1.32 bits per heavy atom. The quantitative estimate of drug-likeness (QED) is 0.530. The lowest BCUT2D eigenvalue weighted by molar-refractivity contribution is -0.148. The van der Waals surface area contributed by atoms with Gasteiger partial charge in [0.1, 0.15) is 6.54 Å². The van der Waals surface area contributed by atoms with E-state index in [0.29, 0.717) is 18.1 Å². The summed E-state index contributed by atoms with van der Waals surface area (Å²) in [5.74, 6) is -3.85. The molecule has 28 heavy (non-hydrogen) atoms. The van der Waals surface area contributed by atoms with Gasteiger partial charge < -0.3 is 20.1 Å². The Hall–Kier alpha value is -2.97. The van der Waals surface area contributed by atoms with Crippen LogP contribution >= 0.6 is 0 Å². The van der Waals surface area contributed by atoms with Gasteiger partial charge in [0.05, 0.1) is 6.61 Å². The molecule has 0 radical (unpaired) electrons. The fourth-order valence-corrected chi connectivity index (χ4v) is 2.63. The summed E-state index contributed by atoms with van der Waals surface area (Å²) in [5.41, 5.74) is 0.707. The Morgan fingerprint density at radius 3 is 2.57 bits per heavy atom. The standard InChI is InChI=1S/C19H25N3O6/c1-12(23)17(18(26)21-10-16(24)25)19(27)22(2)11-14-5-6-15(20-9-14)28-8-7-13-3-4-13/h5-6,9,13,17H,3-4,7-8,10-11H2,1-2H3,(H,21,26)(H,24,25). The smallest absolute Gasteiger partial charge is 0.322 e. The van der Waals surface area contributed by atoms with Gasteiger partial charge >= 0.3 is 5.97 Å². The fraction of sp³-hybridized carbons (Fsp3) is 0.526. The minimum Gasteiger partial charge on any atom is -0.480 e. The van der Waals surface area contributed by atoms with E-state index in [1.165, 1.54) is 24.8 Å². The third-order valence-corrected chi connectivity index (χ3v) is 4.40. The summed E-state index contributed by atoms with van der Waals surface area (Å²) in [7, 11) is 1.46. The van der Waals surface area contributed by atoms with Gasteiger partial charge in [0.25, 0.3) is 0 Å². The van der Waals surface area contributed by atoms with Crippen LogP contribution in [0.3, 0.4) is 0 Å². The van der Waals surface area contributed by atoms with Crippen LogP contribution in [0.25, 0.3) is 0 Å². The molecule has 1 aliphatic carbocycles. The van der Waals surface area contributed by atoms with Crippen molar-refractivity contribution in [2.75, 3.05) is 20.2 Å². The number of nitrogens with zero attached hydrogens (tertiary/aromatic N) is 2. The highest BCUT2D eigenvalue weighted by Crippen LogP contribution is 2.32. The lowest BCUT2D eigenvalue weighted by atomic mass is 10.0. The number of rotatable bonds is 11. The van der Waals surface area contributed by atoms with Gasteiger partial charge in [-0.25, -0.2) is 4.98 Å². The van der Waals surface area contributed by atoms with Crippen molar-refractivity contribution in [3.8, 4) is 5.88 Å². The minimum atomic E-state index is -1.58. The number of carboxylic acids is 1. The first-order chi connectivity index (χ1) is 13.3. The molecule has 1 fully saturated rings. The van der Waals surface area contributed by atoms with Crippen LogP contribution in [0.4, 0.5) is 0 Å². The van der Waals surface area contributed by atoms with E-state index in [2.05, 4.69) is 10.3 Å². The molecule has 1 unspecified atom stereocenters. The minimum absolute atomic E-state index is 0.143. The lowest BCUT2D eigenvalue weighted by Crippen LogP contribution is -2.46. The van der Waals surface area contributed by atoms with Gasteiger partial charge in [0.2, 0.25) is 17.7 Å². The van der Waals surface area contributed by atoms with Crippen molar-refractivity contribution >= 4 is 23.6 Å². The van der Waals surface area contributed by atoms with E-state index in [1.807, 2.05) is 0 Å². The summed E-state index contributed by atoms with van der Waals surface area (Å²) in [5, 5.41) is 10.7. The van der Waals surface area contributed by atoms with Crippen molar-refractivity contribution in [3.63, 3.8) is 0 Å². The molecule has 1 aromatic heterocycles. The Labute approximate surface area is 163 Å². The first-order valence-electron chi connectivity index (χ1n) is 9.10. The number of ketones is 1. The lowest BCUT2D eigenvalue weighted by Gasteiger charge is -2.21. The molecule has 0 saturated heterocycles. The molecule has 9 heteroatoms. The zero-order chi connectivity index (χ0) is 20.7. The molecular formula is C19H25N3O6. The van der Waals surface area contributed by atoms with Crippen LogP contribution in [0.5, 0.6) is 5.88 Å². The number of hydrogen-bond donors (Lipinski definition) is 2. The molecule has 0 spiro atoms. The van der Waals surface area contributed by atoms with Crippen molar-refractivity contribution in [3.05, 3.63) is 23.9 Å². The average Bonchev–Trinajstić information content (AvgIpc) is 3.45. The summed E-state index contributed by atoms with van der Waals surface area (Å²) >= 11 is 0. The van der Waals surface area contributed by atoms with Gasteiger partial charge in [-0.3, -0.25) is 19.2 Å². The van der Waals surface area contributed by atoms with Crippen molar-refractivity contribution in [2.45, 2.75) is 32.7 Å². The van der Waals surface area contributed by atoms with Gasteiger partial charge in [-0.05, 0) is 24.8 Å². The molecule has 1 aromatic rings. The highest BCUT2D eigenvalue weighted by Gasteiger charge is 2.33. The largest absolute Gasteiger partial charge is 0.480 e. The third kappa shape index (κ3) is 6.64. The number of nitrogens with one attached hydrogen (secondary N) is 1. The normalized spacial score (nSPS) is 14.1. The topological polar surface area (TPSA) is 126 Å². The number of carbonyl (C=O) groups excluding carboxylic acids is 3. The maximum Gasteiger partial charge on any atom is 0.322 e. The van der Waals surface area contributed by atoms with Gasteiger partial charge in [-0.1, -0.05) is 18.9 Å². The molecule has 1 atom stereocenters. The Balaban J connectivity index is 1.90. The van der Waals surface area contributed by atoms with Crippen LogP contribution in [0.2, 0.25) is 0 Å². The summed E-state index contributed by atoms with van der Waals surface area (Å²) in [6, 6.07) is 3.47.